The minimum Gasteiger partial charge on any atom is -0.334 e. The van der Waals surface area contributed by atoms with Crippen LogP contribution in [-0.2, 0) is 13.0 Å². The monoisotopic (exact) mass is 265 g/mol. The first-order valence-corrected chi connectivity index (χ1v) is 5.97. The normalized spacial score (nSPS) is 14.3. The third kappa shape index (κ3) is 2.89. The predicted molar refractivity (Wildman–Crippen MR) is 71.3 cm³/mol. The Morgan fingerprint density at radius 1 is 1.22 bits per heavy atom. The highest BCUT2D eigenvalue weighted by molar-refractivity contribution is 5.85. The predicted octanol–water partition coefficient (Wildman–Crippen LogP) is 2.57. The molecule has 1 heterocycles. The molecule has 0 amide bonds. The van der Waals surface area contributed by atoms with E-state index in [1.54, 1.807) is 0 Å². The lowest BCUT2D eigenvalue weighted by Gasteiger charge is -1.97. The zero-order chi connectivity index (χ0) is 11.7. The highest BCUT2D eigenvalue weighted by Crippen LogP contribution is 2.32. The summed E-state index contributed by atoms with van der Waals surface area (Å²) in [5.41, 5.74) is 7.61. The Morgan fingerprint density at radius 2 is 1.94 bits per heavy atom. The van der Waals surface area contributed by atoms with Crippen LogP contribution in [0.25, 0.3) is 11.5 Å². The summed E-state index contributed by atoms with van der Waals surface area (Å²) in [5, 5.41) is 4.00. The van der Waals surface area contributed by atoms with Gasteiger partial charge in [0.15, 0.2) is 5.82 Å². The van der Waals surface area contributed by atoms with E-state index < -0.39 is 0 Å². The molecule has 2 N–H and O–H groups in total. The van der Waals surface area contributed by atoms with Crippen LogP contribution in [0.5, 0.6) is 0 Å². The van der Waals surface area contributed by atoms with Gasteiger partial charge >= 0.3 is 0 Å². The molecule has 0 bridgehead atoms. The van der Waals surface area contributed by atoms with Crippen molar-refractivity contribution in [3.05, 3.63) is 35.7 Å². The second kappa shape index (κ2) is 5.50. The van der Waals surface area contributed by atoms with Gasteiger partial charge in [0, 0.05) is 18.5 Å². The van der Waals surface area contributed by atoms with Gasteiger partial charge in [0.2, 0.25) is 0 Å². The second-order valence-electron chi connectivity index (χ2n) is 4.56. The number of benzene rings is 1. The standard InChI is InChI=1S/C13H15N3O.ClH/c14-8-10-3-5-11(6-4-10)13-15-12(16-17-13)7-9-1-2-9;/h3-6,9H,1-2,7-8,14H2;1H. The van der Waals surface area contributed by atoms with Gasteiger partial charge in [0.1, 0.15) is 0 Å². The van der Waals surface area contributed by atoms with Gasteiger partial charge in [-0.15, -0.1) is 12.4 Å². The van der Waals surface area contributed by atoms with Crippen LogP contribution >= 0.6 is 12.4 Å². The molecule has 1 aromatic carbocycles. The molecule has 0 aliphatic heterocycles. The molecule has 96 valence electrons. The smallest absolute Gasteiger partial charge is 0.257 e. The number of hydrogen-bond donors (Lipinski definition) is 1. The lowest BCUT2D eigenvalue weighted by molar-refractivity contribution is 0.421. The van der Waals surface area contributed by atoms with Crippen molar-refractivity contribution in [2.75, 3.05) is 0 Å². The van der Waals surface area contributed by atoms with E-state index in [0.29, 0.717) is 12.4 Å². The maximum Gasteiger partial charge on any atom is 0.257 e. The van der Waals surface area contributed by atoms with Crippen molar-refractivity contribution in [2.24, 2.45) is 11.7 Å². The summed E-state index contributed by atoms with van der Waals surface area (Å²) >= 11 is 0. The number of halogens is 1. The molecule has 3 rings (SSSR count). The lowest BCUT2D eigenvalue weighted by atomic mass is 10.1. The zero-order valence-electron chi connectivity index (χ0n) is 10.0. The van der Waals surface area contributed by atoms with E-state index >= 15 is 0 Å². The average molecular weight is 266 g/mol. The molecule has 0 spiro atoms. The quantitative estimate of drug-likeness (QED) is 0.923. The molecule has 1 saturated carbocycles. The summed E-state index contributed by atoms with van der Waals surface area (Å²) in [4.78, 5) is 4.41. The summed E-state index contributed by atoms with van der Waals surface area (Å²) in [6.45, 7) is 0.553. The molecular weight excluding hydrogens is 250 g/mol. The first-order valence-electron chi connectivity index (χ1n) is 5.97. The third-order valence-corrected chi connectivity index (χ3v) is 3.07. The van der Waals surface area contributed by atoms with Crippen molar-refractivity contribution >= 4 is 12.4 Å². The maximum absolute atomic E-state index is 5.55. The topological polar surface area (TPSA) is 64.9 Å². The Morgan fingerprint density at radius 3 is 2.56 bits per heavy atom. The highest BCUT2D eigenvalue weighted by atomic mass is 35.5. The van der Waals surface area contributed by atoms with Crippen molar-refractivity contribution in [3.8, 4) is 11.5 Å². The number of nitrogens with zero attached hydrogens (tertiary/aromatic N) is 2. The van der Waals surface area contributed by atoms with E-state index in [-0.39, 0.29) is 12.4 Å². The first-order chi connectivity index (χ1) is 8.35. The molecule has 0 unspecified atom stereocenters. The fraction of sp³-hybridized carbons (Fsp3) is 0.385. The summed E-state index contributed by atoms with van der Waals surface area (Å²) < 4.78 is 5.26. The Balaban J connectivity index is 0.00000120. The molecule has 1 fully saturated rings. The van der Waals surface area contributed by atoms with Gasteiger partial charge in [-0.2, -0.15) is 4.98 Å². The van der Waals surface area contributed by atoms with E-state index in [4.69, 9.17) is 10.3 Å². The van der Waals surface area contributed by atoms with E-state index in [2.05, 4.69) is 10.1 Å². The molecule has 1 aliphatic rings. The minimum atomic E-state index is 0. The van der Waals surface area contributed by atoms with Crippen LogP contribution in [0.15, 0.2) is 28.8 Å². The SMILES string of the molecule is Cl.NCc1ccc(-c2nc(CC3CC3)no2)cc1. The molecule has 1 aliphatic carbocycles. The van der Waals surface area contributed by atoms with Crippen LogP contribution in [0.4, 0.5) is 0 Å². The molecule has 2 aromatic rings. The highest BCUT2D eigenvalue weighted by Gasteiger charge is 2.24. The Hall–Kier alpha value is -1.39. The summed E-state index contributed by atoms with van der Waals surface area (Å²) in [5.74, 6) is 2.20. The Kier molecular flexibility index (Phi) is 3.99. The molecule has 0 radical (unpaired) electrons. The molecular formula is C13H16ClN3O. The van der Waals surface area contributed by atoms with Gasteiger partial charge in [0.25, 0.3) is 5.89 Å². The van der Waals surface area contributed by atoms with Gasteiger partial charge in [-0.05, 0) is 36.5 Å². The molecule has 1 aromatic heterocycles. The van der Waals surface area contributed by atoms with Crippen molar-refractivity contribution in [2.45, 2.75) is 25.8 Å². The van der Waals surface area contributed by atoms with Gasteiger partial charge in [0.05, 0.1) is 0 Å². The third-order valence-electron chi connectivity index (χ3n) is 3.07. The summed E-state index contributed by atoms with van der Waals surface area (Å²) in [7, 11) is 0. The number of rotatable bonds is 4. The number of aromatic nitrogens is 2. The van der Waals surface area contributed by atoms with E-state index in [0.717, 1.165) is 29.3 Å². The largest absolute Gasteiger partial charge is 0.334 e. The molecule has 18 heavy (non-hydrogen) atoms. The first kappa shape index (κ1) is 13.1. The van der Waals surface area contributed by atoms with E-state index in [1.165, 1.54) is 12.8 Å². The fourth-order valence-corrected chi connectivity index (χ4v) is 1.82. The van der Waals surface area contributed by atoms with Crippen molar-refractivity contribution in [1.82, 2.24) is 10.1 Å². The van der Waals surface area contributed by atoms with Crippen LogP contribution in [0.3, 0.4) is 0 Å². The van der Waals surface area contributed by atoms with Gasteiger partial charge < -0.3 is 10.3 Å². The van der Waals surface area contributed by atoms with Crippen molar-refractivity contribution in [1.29, 1.82) is 0 Å². The summed E-state index contributed by atoms with van der Waals surface area (Å²) in [6, 6.07) is 7.91. The second-order valence-corrected chi connectivity index (χ2v) is 4.56. The molecule has 5 heteroatoms. The van der Waals surface area contributed by atoms with Crippen molar-refractivity contribution < 1.29 is 4.52 Å². The van der Waals surface area contributed by atoms with Crippen LogP contribution in [0.2, 0.25) is 0 Å². The van der Waals surface area contributed by atoms with Crippen LogP contribution in [0, 0.1) is 5.92 Å². The average Bonchev–Trinajstić information content (AvgIpc) is 3.06. The number of nitrogens with two attached hydrogens (primary N) is 1. The number of hydrogen-bond acceptors (Lipinski definition) is 4. The van der Waals surface area contributed by atoms with Gasteiger partial charge in [-0.1, -0.05) is 17.3 Å². The van der Waals surface area contributed by atoms with E-state index in [1.807, 2.05) is 24.3 Å². The molecule has 0 saturated heterocycles. The Bertz CT molecular complexity index is 505. The van der Waals surface area contributed by atoms with Gasteiger partial charge in [-0.25, -0.2) is 0 Å². The van der Waals surface area contributed by atoms with Crippen LogP contribution in [0.1, 0.15) is 24.2 Å². The Labute approximate surface area is 112 Å². The maximum atomic E-state index is 5.55. The molecule has 4 nitrogen and oxygen atoms in total. The van der Waals surface area contributed by atoms with Crippen LogP contribution in [-0.4, -0.2) is 10.1 Å². The molecule has 0 atom stereocenters. The lowest BCUT2D eigenvalue weighted by Crippen LogP contribution is -1.95. The zero-order valence-corrected chi connectivity index (χ0v) is 10.8. The van der Waals surface area contributed by atoms with Gasteiger partial charge in [-0.3, -0.25) is 0 Å². The minimum absolute atomic E-state index is 0. The van der Waals surface area contributed by atoms with E-state index in [9.17, 15) is 0 Å². The van der Waals surface area contributed by atoms with Crippen LogP contribution < -0.4 is 5.73 Å². The fourth-order valence-electron chi connectivity index (χ4n) is 1.82. The summed E-state index contributed by atoms with van der Waals surface area (Å²) in [6.07, 6.45) is 3.55. The van der Waals surface area contributed by atoms with Crippen molar-refractivity contribution in [3.63, 3.8) is 0 Å².